The first-order valence-corrected chi connectivity index (χ1v) is 8.60. The van der Waals surface area contributed by atoms with Crippen molar-refractivity contribution in [2.24, 2.45) is 4.99 Å². The first-order valence-electron chi connectivity index (χ1n) is 7.85. The molecule has 0 radical (unpaired) electrons. The molecular weight excluding hydrogens is 369 g/mol. The molecule has 0 unspecified atom stereocenters. The van der Waals surface area contributed by atoms with E-state index in [1.165, 1.54) is 4.90 Å². The predicted octanol–water partition coefficient (Wildman–Crippen LogP) is 4.85. The van der Waals surface area contributed by atoms with Crippen LogP contribution in [-0.4, -0.2) is 23.3 Å². The van der Waals surface area contributed by atoms with Gasteiger partial charge in [-0.3, -0.25) is 14.7 Å². The number of carbonyl (C=O) groups excluding carboxylic acids is 1. The van der Waals surface area contributed by atoms with Crippen LogP contribution < -0.4 is 4.90 Å². The average molecular weight is 384 g/mol. The minimum absolute atomic E-state index is 0.285. The van der Waals surface area contributed by atoms with E-state index in [2.05, 4.69) is 16.6 Å². The quantitative estimate of drug-likeness (QED) is 0.549. The molecule has 0 atom stereocenters. The summed E-state index contributed by atoms with van der Waals surface area (Å²) in [6, 6.07) is 10.4. The number of amidine groups is 1. The van der Waals surface area contributed by atoms with Gasteiger partial charge >= 0.3 is 0 Å². The maximum atomic E-state index is 13.1. The molecule has 0 saturated heterocycles. The Kier molecular flexibility index (Phi) is 5.66. The highest BCUT2D eigenvalue weighted by Gasteiger charge is 2.24. The molecule has 0 N–H and O–H groups in total. The van der Waals surface area contributed by atoms with Crippen molar-refractivity contribution in [1.82, 2.24) is 4.98 Å². The molecule has 0 bridgehead atoms. The zero-order valence-corrected chi connectivity index (χ0v) is 15.3. The zero-order valence-electron chi connectivity index (χ0n) is 13.8. The number of halogens is 2. The molecule has 0 aliphatic carbocycles. The number of nitrogens with zero attached hydrogens (tertiary/aromatic N) is 3. The number of hydrogen-bond donors (Lipinski definition) is 0. The number of anilines is 1. The third-order valence-corrected chi connectivity index (χ3v) is 4.13. The number of amides is 1. The van der Waals surface area contributed by atoms with Crippen molar-refractivity contribution in [1.29, 1.82) is 0 Å². The summed E-state index contributed by atoms with van der Waals surface area (Å²) < 4.78 is 0. The molecule has 130 valence electrons. The van der Waals surface area contributed by atoms with Crippen LogP contribution in [0.1, 0.15) is 5.56 Å². The van der Waals surface area contributed by atoms with Crippen LogP contribution in [0.25, 0.3) is 0 Å². The Morgan fingerprint density at radius 1 is 1.04 bits per heavy atom. The largest absolute Gasteiger partial charge is 0.268 e. The molecule has 0 saturated carbocycles. The monoisotopic (exact) mass is 383 g/mol. The molecule has 6 heteroatoms. The molecule has 4 nitrogen and oxygen atoms in total. The van der Waals surface area contributed by atoms with Crippen molar-refractivity contribution in [2.45, 2.75) is 0 Å². The highest BCUT2D eigenvalue weighted by molar-refractivity contribution is 6.31. The Bertz CT molecular complexity index is 913. The lowest BCUT2D eigenvalue weighted by Gasteiger charge is -2.25. The maximum Gasteiger partial charge on any atom is 0.263 e. The molecule has 1 aliphatic rings. The first kappa shape index (κ1) is 18.1. The SMILES string of the molecule is C=C1/C=C\C=C/CN=C(c2ccc(Cl)nc2)N(c2ccc(Cl)cc2)C1=O. The molecule has 1 aromatic carbocycles. The fourth-order valence-corrected chi connectivity index (χ4v) is 2.63. The Morgan fingerprint density at radius 3 is 2.50 bits per heavy atom. The molecule has 1 aromatic heterocycles. The molecule has 2 aromatic rings. The zero-order chi connectivity index (χ0) is 18.5. The molecule has 1 aliphatic heterocycles. The maximum absolute atomic E-state index is 13.1. The summed E-state index contributed by atoms with van der Waals surface area (Å²) >= 11 is 11.9. The van der Waals surface area contributed by atoms with Gasteiger partial charge in [0, 0.05) is 22.4 Å². The summed E-state index contributed by atoms with van der Waals surface area (Å²) in [6.45, 7) is 4.28. The van der Waals surface area contributed by atoms with Gasteiger partial charge in [0.25, 0.3) is 5.91 Å². The minimum Gasteiger partial charge on any atom is -0.268 e. The number of pyridine rings is 1. The number of carbonyl (C=O) groups is 1. The van der Waals surface area contributed by atoms with Gasteiger partial charge < -0.3 is 0 Å². The molecule has 26 heavy (non-hydrogen) atoms. The van der Waals surface area contributed by atoms with E-state index < -0.39 is 0 Å². The number of rotatable bonds is 2. The van der Waals surface area contributed by atoms with Crippen molar-refractivity contribution in [3.63, 3.8) is 0 Å². The van der Waals surface area contributed by atoms with Crippen molar-refractivity contribution in [2.75, 3.05) is 11.4 Å². The van der Waals surface area contributed by atoms with Crippen molar-refractivity contribution in [3.8, 4) is 0 Å². The smallest absolute Gasteiger partial charge is 0.263 e. The standard InChI is InChI=1S/C20H15Cl2N3O/c1-14-5-3-2-4-12-23-19(15-6-11-18(22)24-13-15)25(20(14)26)17-9-7-16(21)8-10-17/h2-11,13H,1,12H2/b4-2-,5-3-,23-19?. The fourth-order valence-electron chi connectivity index (χ4n) is 2.39. The second-order valence-corrected chi connectivity index (χ2v) is 6.29. The molecular formula is C20H15Cl2N3O. The van der Waals surface area contributed by atoms with E-state index in [0.29, 0.717) is 39.4 Å². The molecule has 0 fully saturated rings. The highest BCUT2D eigenvalue weighted by atomic mass is 35.5. The van der Waals surface area contributed by atoms with Gasteiger partial charge in [0.05, 0.1) is 12.2 Å². The average Bonchev–Trinajstić information content (AvgIpc) is 2.64. The van der Waals surface area contributed by atoms with E-state index in [4.69, 9.17) is 23.2 Å². The number of benzene rings is 1. The van der Waals surface area contributed by atoms with E-state index in [1.54, 1.807) is 54.7 Å². The van der Waals surface area contributed by atoms with Gasteiger partial charge in [-0.1, -0.05) is 54.1 Å². The van der Waals surface area contributed by atoms with Gasteiger partial charge in [-0.25, -0.2) is 4.98 Å². The summed E-state index contributed by atoms with van der Waals surface area (Å²) in [5, 5.41) is 0.946. The Hall–Kier alpha value is -2.69. The normalized spacial score (nSPS) is 17.6. The Labute approximate surface area is 161 Å². The lowest BCUT2D eigenvalue weighted by molar-refractivity contribution is -0.113. The molecule has 0 spiro atoms. The molecule has 1 amide bonds. The van der Waals surface area contributed by atoms with Crippen LogP contribution >= 0.6 is 23.2 Å². The summed E-state index contributed by atoms with van der Waals surface area (Å²) in [5.74, 6) is 0.176. The van der Waals surface area contributed by atoms with Gasteiger partial charge in [-0.15, -0.1) is 0 Å². The van der Waals surface area contributed by atoms with Crippen molar-refractivity contribution >= 4 is 40.6 Å². The van der Waals surface area contributed by atoms with E-state index in [0.717, 1.165) is 0 Å². The molecule has 3 rings (SSSR count). The summed E-state index contributed by atoms with van der Waals surface area (Å²) in [4.78, 5) is 23.3. The van der Waals surface area contributed by atoms with Gasteiger partial charge in [-0.05, 0) is 36.4 Å². The molecule has 2 heterocycles. The number of allylic oxidation sites excluding steroid dienone is 2. The van der Waals surface area contributed by atoms with Gasteiger partial charge in [-0.2, -0.15) is 0 Å². The van der Waals surface area contributed by atoms with Gasteiger partial charge in [0.1, 0.15) is 11.0 Å². The second kappa shape index (κ2) is 8.13. The third kappa shape index (κ3) is 4.10. The number of aromatic nitrogens is 1. The number of hydrogen-bond acceptors (Lipinski definition) is 3. The van der Waals surface area contributed by atoms with Gasteiger partial charge in [0.15, 0.2) is 0 Å². The van der Waals surface area contributed by atoms with Crippen LogP contribution in [-0.2, 0) is 4.79 Å². The van der Waals surface area contributed by atoms with E-state index in [1.807, 2.05) is 12.2 Å². The highest BCUT2D eigenvalue weighted by Crippen LogP contribution is 2.23. The van der Waals surface area contributed by atoms with Crippen molar-refractivity contribution in [3.05, 3.63) is 94.8 Å². The summed E-state index contributed by atoms with van der Waals surface area (Å²) in [7, 11) is 0. The van der Waals surface area contributed by atoms with Crippen LogP contribution in [0.4, 0.5) is 5.69 Å². The van der Waals surface area contributed by atoms with Crippen molar-refractivity contribution < 1.29 is 4.79 Å². The summed E-state index contributed by atoms with van der Waals surface area (Å²) in [5.41, 5.74) is 1.64. The topological polar surface area (TPSA) is 45.6 Å². The van der Waals surface area contributed by atoms with Crippen LogP contribution in [0.3, 0.4) is 0 Å². The number of aliphatic imine (C=N–C) groups is 1. The fraction of sp³-hybridized carbons (Fsp3) is 0.0500. The van der Waals surface area contributed by atoms with E-state index in [9.17, 15) is 4.79 Å². The van der Waals surface area contributed by atoms with E-state index in [-0.39, 0.29) is 5.91 Å². The second-order valence-electron chi connectivity index (χ2n) is 5.46. The predicted molar refractivity (Wildman–Crippen MR) is 107 cm³/mol. The van der Waals surface area contributed by atoms with Crippen LogP contribution in [0.2, 0.25) is 10.2 Å². The first-order chi connectivity index (χ1) is 12.6. The summed E-state index contributed by atoms with van der Waals surface area (Å²) in [6.07, 6.45) is 8.75. The van der Waals surface area contributed by atoms with Crippen LogP contribution in [0.15, 0.2) is 84.0 Å². The van der Waals surface area contributed by atoms with Crippen LogP contribution in [0, 0.1) is 0 Å². The van der Waals surface area contributed by atoms with Gasteiger partial charge in [0.2, 0.25) is 0 Å². The van der Waals surface area contributed by atoms with Crippen LogP contribution in [0.5, 0.6) is 0 Å². The lowest BCUT2D eigenvalue weighted by atomic mass is 10.1. The Balaban J connectivity index is 2.17. The van der Waals surface area contributed by atoms with E-state index >= 15 is 0 Å². The minimum atomic E-state index is -0.285. The third-order valence-electron chi connectivity index (χ3n) is 3.65. The Morgan fingerprint density at radius 2 is 1.81 bits per heavy atom. The lowest BCUT2D eigenvalue weighted by Crippen LogP contribution is -2.38.